The lowest BCUT2D eigenvalue weighted by Crippen LogP contribution is -2.34. The van der Waals surface area contributed by atoms with Crippen LogP contribution in [-0.2, 0) is 12.1 Å². The highest BCUT2D eigenvalue weighted by Crippen LogP contribution is 2.19. The van der Waals surface area contributed by atoms with Crippen molar-refractivity contribution in [2.75, 3.05) is 6.54 Å². The van der Waals surface area contributed by atoms with Gasteiger partial charge in [-0.2, -0.15) is 0 Å². The van der Waals surface area contributed by atoms with Crippen LogP contribution in [0.25, 0.3) is 0 Å². The molecule has 0 aliphatic rings. The molecule has 2 rings (SSSR count). The van der Waals surface area contributed by atoms with Gasteiger partial charge in [0.15, 0.2) is 0 Å². The van der Waals surface area contributed by atoms with Gasteiger partial charge in [-0.25, -0.2) is 0 Å². The zero-order chi connectivity index (χ0) is 11.4. The molecule has 1 atom stereocenters. The molecule has 86 valence electrons. The van der Waals surface area contributed by atoms with Crippen LogP contribution in [0.3, 0.4) is 0 Å². The smallest absolute Gasteiger partial charge is 0.136 e. The summed E-state index contributed by atoms with van der Waals surface area (Å²) in [7, 11) is 0. The second-order valence-corrected chi connectivity index (χ2v) is 3.93. The summed E-state index contributed by atoms with van der Waals surface area (Å²) in [6, 6.07) is 7.24. The van der Waals surface area contributed by atoms with Crippen molar-refractivity contribution < 1.29 is 13.9 Å². The van der Waals surface area contributed by atoms with Crippen molar-refractivity contribution in [1.29, 1.82) is 0 Å². The van der Waals surface area contributed by atoms with Crippen molar-refractivity contribution in [3.05, 3.63) is 48.3 Å². The van der Waals surface area contributed by atoms with E-state index in [9.17, 15) is 5.11 Å². The highest BCUT2D eigenvalue weighted by atomic mass is 16.4. The Bertz CT molecular complexity index is 403. The lowest BCUT2D eigenvalue weighted by Gasteiger charge is -2.20. The molecule has 2 N–H and O–H groups in total. The van der Waals surface area contributed by atoms with Crippen LogP contribution >= 0.6 is 0 Å². The van der Waals surface area contributed by atoms with Crippen LogP contribution in [-0.4, -0.2) is 11.7 Å². The van der Waals surface area contributed by atoms with Crippen LogP contribution in [0.4, 0.5) is 0 Å². The lowest BCUT2D eigenvalue weighted by molar-refractivity contribution is 0.0336. The molecule has 0 aliphatic carbocycles. The van der Waals surface area contributed by atoms with E-state index in [0.717, 1.165) is 5.76 Å². The van der Waals surface area contributed by atoms with Gasteiger partial charge in [0.25, 0.3) is 0 Å². The molecule has 2 heterocycles. The first-order valence-electron chi connectivity index (χ1n) is 5.18. The van der Waals surface area contributed by atoms with E-state index in [2.05, 4.69) is 5.32 Å². The van der Waals surface area contributed by atoms with Crippen LogP contribution in [0.2, 0.25) is 0 Å². The van der Waals surface area contributed by atoms with Crippen molar-refractivity contribution in [2.24, 2.45) is 0 Å². The van der Waals surface area contributed by atoms with Crippen molar-refractivity contribution in [3.8, 4) is 0 Å². The summed E-state index contributed by atoms with van der Waals surface area (Å²) in [5.41, 5.74) is -1.00. The van der Waals surface area contributed by atoms with Gasteiger partial charge in [-0.1, -0.05) is 0 Å². The molecular formula is C12H15NO3. The van der Waals surface area contributed by atoms with Crippen LogP contribution in [0.1, 0.15) is 18.4 Å². The predicted octanol–water partition coefficient (Wildman–Crippen LogP) is 1.87. The second-order valence-electron chi connectivity index (χ2n) is 3.93. The molecule has 0 fully saturated rings. The van der Waals surface area contributed by atoms with E-state index in [-0.39, 0.29) is 0 Å². The summed E-state index contributed by atoms with van der Waals surface area (Å²) in [4.78, 5) is 0. The largest absolute Gasteiger partial charge is 0.468 e. The Labute approximate surface area is 93.9 Å². The third-order valence-electron chi connectivity index (χ3n) is 2.40. The van der Waals surface area contributed by atoms with Gasteiger partial charge in [-0.3, -0.25) is 0 Å². The Kier molecular flexibility index (Phi) is 3.12. The number of rotatable bonds is 5. The van der Waals surface area contributed by atoms with Gasteiger partial charge in [0, 0.05) is 6.54 Å². The summed E-state index contributed by atoms with van der Waals surface area (Å²) in [5.74, 6) is 1.40. The minimum atomic E-state index is -1.00. The maximum atomic E-state index is 10.1. The van der Waals surface area contributed by atoms with Crippen molar-refractivity contribution in [1.82, 2.24) is 5.32 Å². The van der Waals surface area contributed by atoms with Gasteiger partial charge in [-0.15, -0.1) is 0 Å². The first-order chi connectivity index (χ1) is 7.68. The fourth-order valence-electron chi connectivity index (χ4n) is 1.51. The van der Waals surface area contributed by atoms with Gasteiger partial charge in [0.1, 0.15) is 17.1 Å². The quantitative estimate of drug-likeness (QED) is 0.809. The first-order valence-corrected chi connectivity index (χ1v) is 5.18. The summed E-state index contributed by atoms with van der Waals surface area (Å²) < 4.78 is 10.3. The van der Waals surface area contributed by atoms with E-state index in [1.54, 1.807) is 31.6 Å². The van der Waals surface area contributed by atoms with Gasteiger partial charge in [-0.05, 0) is 31.2 Å². The molecule has 4 heteroatoms. The molecule has 4 nitrogen and oxygen atoms in total. The molecule has 2 aromatic heterocycles. The minimum Gasteiger partial charge on any atom is -0.468 e. The average molecular weight is 221 g/mol. The Morgan fingerprint density at radius 1 is 1.25 bits per heavy atom. The number of hydrogen-bond acceptors (Lipinski definition) is 4. The highest BCUT2D eigenvalue weighted by Gasteiger charge is 2.25. The summed E-state index contributed by atoms with van der Waals surface area (Å²) in [6.45, 7) is 2.70. The molecule has 0 radical (unpaired) electrons. The predicted molar refractivity (Wildman–Crippen MR) is 58.7 cm³/mol. The van der Waals surface area contributed by atoms with Gasteiger partial charge in [0.05, 0.1) is 19.1 Å². The van der Waals surface area contributed by atoms with E-state index in [0.29, 0.717) is 18.8 Å². The van der Waals surface area contributed by atoms with Crippen molar-refractivity contribution >= 4 is 0 Å². The Balaban J connectivity index is 1.85. The molecule has 0 aromatic carbocycles. The minimum absolute atomic E-state index is 0.404. The zero-order valence-corrected chi connectivity index (χ0v) is 9.14. The molecule has 0 bridgehead atoms. The Morgan fingerprint density at radius 3 is 2.62 bits per heavy atom. The maximum absolute atomic E-state index is 10.1. The van der Waals surface area contributed by atoms with E-state index < -0.39 is 5.60 Å². The third-order valence-corrected chi connectivity index (χ3v) is 2.40. The van der Waals surface area contributed by atoms with E-state index in [1.807, 2.05) is 12.1 Å². The SMILES string of the molecule is CC(O)(CNCc1ccco1)c1ccco1. The van der Waals surface area contributed by atoms with Crippen LogP contribution in [0, 0.1) is 0 Å². The van der Waals surface area contributed by atoms with Crippen LogP contribution < -0.4 is 5.32 Å². The van der Waals surface area contributed by atoms with Gasteiger partial charge < -0.3 is 19.3 Å². The first kappa shape index (κ1) is 11.0. The fraction of sp³-hybridized carbons (Fsp3) is 0.333. The molecule has 0 amide bonds. The molecular weight excluding hydrogens is 206 g/mol. The highest BCUT2D eigenvalue weighted by molar-refractivity contribution is 5.08. The second kappa shape index (κ2) is 4.55. The van der Waals surface area contributed by atoms with Crippen molar-refractivity contribution in [2.45, 2.75) is 19.1 Å². The number of furan rings is 2. The fourth-order valence-corrected chi connectivity index (χ4v) is 1.51. The molecule has 2 aromatic rings. The van der Waals surface area contributed by atoms with E-state index in [1.165, 1.54) is 0 Å². The lowest BCUT2D eigenvalue weighted by atomic mass is 10.0. The average Bonchev–Trinajstić information content (AvgIpc) is 2.90. The molecule has 0 saturated heterocycles. The molecule has 0 saturated carbocycles. The molecule has 16 heavy (non-hydrogen) atoms. The van der Waals surface area contributed by atoms with E-state index in [4.69, 9.17) is 8.83 Å². The summed E-state index contributed by atoms with van der Waals surface area (Å²) in [6.07, 6.45) is 3.18. The van der Waals surface area contributed by atoms with Gasteiger partial charge in [0.2, 0.25) is 0 Å². The van der Waals surface area contributed by atoms with Crippen molar-refractivity contribution in [3.63, 3.8) is 0 Å². The number of aliphatic hydroxyl groups is 1. The summed E-state index contributed by atoms with van der Waals surface area (Å²) >= 11 is 0. The molecule has 0 aliphatic heterocycles. The number of nitrogens with one attached hydrogen (secondary N) is 1. The topological polar surface area (TPSA) is 58.5 Å². The standard InChI is InChI=1S/C12H15NO3/c1-12(14,11-5-3-7-16-11)9-13-8-10-4-2-6-15-10/h2-7,13-14H,8-9H2,1H3. The van der Waals surface area contributed by atoms with E-state index >= 15 is 0 Å². The molecule has 0 spiro atoms. The maximum Gasteiger partial charge on any atom is 0.136 e. The van der Waals surface area contributed by atoms with Gasteiger partial charge >= 0.3 is 0 Å². The Hall–Kier alpha value is -1.52. The van der Waals surface area contributed by atoms with Crippen LogP contribution in [0.5, 0.6) is 0 Å². The monoisotopic (exact) mass is 221 g/mol. The summed E-state index contributed by atoms with van der Waals surface area (Å²) in [5, 5.41) is 13.2. The number of hydrogen-bond donors (Lipinski definition) is 2. The Morgan fingerprint density at radius 2 is 2.00 bits per heavy atom. The normalized spacial score (nSPS) is 14.9. The third kappa shape index (κ3) is 2.53. The molecule has 1 unspecified atom stereocenters. The zero-order valence-electron chi connectivity index (χ0n) is 9.14. The van der Waals surface area contributed by atoms with Crippen LogP contribution in [0.15, 0.2) is 45.6 Å².